The molecule has 19 heteroatoms. The van der Waals surface area contributed by atoms with Gasteiger partial charge in [-0.05, 0) is 121 Å². The van der Waals surface area contributed by atoms with Gasteiger partial charge in [-0.1, -0.05) is 88.6 Å². The Bertz CT molecular complexity index is 3400. The molecule has 0 unspecified atom stereocenters. The summed E-state index contributed by atoms with van der Waals surface area (Å²) >= 11 is 5.23. The molecule has 0 aliphatic carbocycles. The van der Waals surface area contributed by atoms with Crippen molar-refractivity contribution in [1.29, 1.82) is 0 Å². The molecule has 0 spiro atoms. The van der Waals surface area contributed by atoms with Crippen molar-refractivity contribution in [1.82, 2.24) is 0 Å². The maximum Gasteiger partial charge on any atom is 0.242 e. The second-order valence-corrected chi connectivity index (χ2v) is 25.8. The lowest BCUT2D eigenvalue weighted by Crippen LogP contribution is -2.04. The fourth-order valence-electron chi connectivity index (χ4n) is 5.46. The number of nitrogens with zero attached hydrogens (tertiary/aromatic N) is 2. The van der Waals surface area contributed by atoms with E-state index in [9.17, 15) is 33.7 Å². The summed E-state index contributed by atoms with van der Waals surface area (Å²) in [5, 5.41) is 1.03. The normalized spacial score (nSPS) is 11.0. The van der Waals surface area contributed by atoms with Gasteiger partial charge in [0.1, 0.15) is 8.42 Å². The third-order valence-electron chi connectivity index (χ3n) is 8.68. The van der Waals surface area contributed by atoms with Crippen LogP contribution in [0.1, 0.15) is 27.2 Å². The van der Waals surface area contributed by atoms with Gasteiger partial charge in [-0.2, -0.15) is 0 Å². The lowest BCUT2D eigenvalue weighted by atomic mass is 10.4. The molecule has 0 bridgehead atoms. The third kappa shape index (κ3) is 13.5. The van der Waals surface area contributed by atoms with Gasteiger partial charge in [0.25, 0.3) is 0 Å². The average molecular weight is 1050 g/mol. The first-order valence-electron chi connectivity index (χ1n) is 18.4. The molecule has 2 N–H and O–H groups in total. The van der Waals surface area contributed by atoms with Gasteiger partial charge in [-0.15, -0.1) is 34.0 Å². The van der Waals surface area contributed by atoms with Crippen molar-refractivity contribution in [2.24, 2.45) is 5.73 Å². The van der Waals surface area contributed by atoms with Crippen molar-refractivity contribution in [3.63, 3.8) is 0 Å². The largest absolute Gasteiger partial charge is 0.326 e. The van der Waals surface area contributed by atoms with Gasteiger partial charge in [0.2, 0.25) is 49.4 Å². The number of hydrogen-bond acceptors (Lipinski definition) is 13. The predicted octanol–water partition coefficient (Wildman–Crippen LogP) is 13.2. The van der Waals surface area contributed by atoms with Crippen LogP contribution in [0.3, 0.4) is 0 Å². The molecule has 3 aromatic heterocycles. The monoisotopic (exact) mass is 1050 g/mol. The van der Waals surface area contributed by atoms with E-state index in [1.165, 1.54) is 111 Å². The number of rotatable bonds is 11. The number of benzene rings is 5. The lowest BCUT2D eigenvalue weighted by molar-refractivity contribution is 0.593. The van der Waals surface area contributed by atoms with Crippen LogP contribution in [0.4, 0.5) is 10.0 Å². The van der Waals surface area contributed by atoms with Gasteiger partial charge in [0.15, 0.2) is 0 Å². The second-order valence-electron chi connectivity index (χ2n) is 12.8. The van der Waals surface area contributed by atoms with E-state index in [1.54, 1.807) is 54.2 Å². The van der Waals surface area contributed by atoms with Crippen LogP contribution in [0.5, 0.6) is 0 Å². The zero-order valence-electron chi connectivity index (χ0n) is 33.0. The van der Waals surface area contributed by atoms with E-state index in [1.807, 2.05) is 30.3 Å². The van der Waals surface area contributed by atoms with Crippen molar-refractivity contribution in [3.8, 4) is 0 Å². The first-order chi connectivity index (χ1) is 30.6. The molecule has 0 fully saturated rings. The Morgan fingerprint density at radius 2 is 0.746 bits per heavy atom. The highest BCUT2D eigenvalue weighted by Crippen LogP contribution is 2.37. The summed E-state index contributed by atoms with van der Waals surface area (Å²) in [4.78, 5) is 8.98. The van der Waals surface area contributed by atoms with Crippen molar-refractivity contribution in [2.75, 3.05) is 0 Å². The second kappa shape index (κ2) is 24.4. The van der Waals surface area contributed by atoms with E-state index >= 15 is 0 Å². The predicted molar refractivity (Wildman–Crippen MR) is 272 cm³/mol. The Kier molecular flexibility index (Phi) is 20.2. The van der Waals surface area contributed by atoms with Gasteiger partial charge >= 0.3 is 0 Å². The Morgan fingerprint density at radius 3 is 1.12 bits per heavy atom. The first kappa shape index (κ1) is 55.6. The molecule has 0 amide bonds. The number of sulfone groups is 4. The van der Waals surface area contributed by atoms with Crippen LogP contribution in [0.2, 0.25) is 0 Å². The van der Waals surface area contributed by atoms with Crippen molar-refractivity contribution < 1.29 is 33.7 Å². The van der Waals surface area contributed by atoms with E-state index < -0.39 is 39.3 Å². The van der Waals surface area contributed by atoms with Crippen LogP contribution in [0, 0.1) is 13.1 Å². The molecule has 0 radical (unpaired) electrons. The Balaban J connectivity index is 0.000000271. The van der Waals surface area contributed by atoms with Crippen molar-refractivity contribution in [2.45, 2.75) is 75.7 Å². The van der Waals surface area contributed by atoms with Crippen LogP contribution in [0.15, 0.2) is 223 Å². The van der Waals surface area contributed by atoms with Crippen LogP contribution in [-0.2, 0) is 45.9 Å². The fraction of sp³-hybridized carbons (Fsp3) is 0.0833. The topological polar surface area (TPSA) is 171 Å². The first-order valence-corrected chi connectivity index (χ1v) is 27.6. The van der Waals surface area contributed by atoms with E-state index in [-0.39, 0.29) is 71.6 Å². The lowest BCUT2D eigenvalue weighted by Gasteiger charge is -2.06. The van der Waals surface area contributed by atoms with Crippen molar-refractivity contribution in [3.05, 3.63) is 204 Å². The minimum atomic E-state index is -3.77. The maximum absolute atomic E-state index is 12.6. The molecule has 0 aliphatic heterocycles. The zero-order valence-corrected chi connectivity index (χ0v) is 39.5. The molecule has 3 heterocycles. The summed E-state index contributed by atoms with van der Waals surface area (Å²) in [7, 11) is -14.8. The number of hydrogen-bond donors (Lipinski definition) is 1. The minimum Gasteiger partial charge on any atom is -0.326 e. The number of thiophene rings is 3. The smallest absolute Gasteiger partial charge is 0.242 e. The molecule has 8 rings (SSSR count). The molecule has 0 aliphatic rings. The molecule has 11 nitrogen and oxygen atoms in total. The molecule has 0 atom stereocenters. The molecular weight excluding hydrogens is 1000 g/mol. The van der Waals surface area contributed by atoms with Gasteiger partial charge in [0, 0.05) is 16.3 Å². The quantitative estimate of drug-likeness (QED) is 0.123. The Hall–Kier alpha value is -5.71. The molecule has 0 saturated heterocycles. The molecule has 5 aromatic carbocycles. The summed E-state index contributed by atoms with van der Waals surface area (Å²) < 4.78 is 102. The summed E-state index contributed by atoms with van der Waals surface area (Å²) in [6, 6.07) is 46.3. The summed E-state index contributed by atoms with van der Waals surface area (Å²) in [6.07, 6.45) is 0. The van der Waals surface area contributed by atoms with Gasteiger partial charge in [-0.25, -0.2) is 43.4 Å². The SMILES string of the molecule is C.C.C.NCc1ccc(S(=O)(=O)c2ccc(S(=O)(=O)c3ccccc3)cc2)s1.[C-]#[N+]c1ccc(S(=O)(=O)c2ccc(S(=O)(=O)c3ccccc3)cc2)s1.[C-]#[N+]c1ccc(Sc2ccccc2)s1. The summed E-state index contributed by atoms with van der Waals surface area (Å²) in [5.74, 6) is 0. The average Bonchev–Trinajstić information content (AvgIpc) is 4.13. The number of nitrogens with two attached hydrogens (primary N) is 1. The minimum absolute atomic E-state index is 0. The van der Waals surface area contributed by atoms with Crippen LogP contribution in [0.25, 0.3) is 9.69 Å². The van der Waals surface area contributed by atoms with Gasteiger partial charge in [0.05, 0.1) is 46.7 Å². The molecule has 8 aromatic rings. The fourth-order valence-corrected chi connectivity index (χ4v) is 15.0. The zero-order chi connectivity index (χ0) is 46.0. The van der Waals surface area contributed by atoms with Gasteiger partial charge in [-0.3, -0.25) is 0 Å². The van der Waals surface area contributed by atoms with E-state index in [0.29, 0.717) is 0 Å². The summed E-state index contributed by atoms with van der Waals surface area (Å²) in [6.45, 7) is 14.1. The Labute approximate surface area is 410 Å². The standard InChI is InChI=1S/C17H11NO4S3.C17H15NO4S3.C11H7NS2.3CH4/c1-18-16-11-12-17(23-16)25(21,22)15-9-7-14(8-10-15)24(19,20)13-5-3-2-4-6-13;18-12-13-6-11-17(23-13)25(21,22)16-9-7-15(8-10-16)24(19,20)14-4-2-1-3-5-14;1-12-10-7-8-11(14-10)13-9-5-3-2-4-6-9;;;/h2-12H;1-11H,12,18H2;2-8H;3*1H4. The van der Waals surface area contributed by atoms with E-state index in [2.05, 4.69) is 21.8 Å². The molecular formula is C48H45N3O8S8. The van der Waals surface area contributed by atoms with E-state index in [4.69, 9.17) is 18.9 Å². The molecule has 67 heavy (non-hydrogen) atoms. The highest BCUT2D eigenvalue weighted by atomic mass is 32.2. The highest BCUT2D eigenvalue weighted by Gasteiger charge is 2.24. The molecule has 348 valence electrons. The maximum atomic E-state index is 12.6. The van der Waals surface area contributed by atoms with Crippen molar-refractivity contribution >= 4 is 95.1 Å². The molecule has 0 saturated carbocycles. The van der Waals surface area contributed by atoms with E-state index in [0.717, 1.165) is 32.6 Å². The third-order valence-corrected chi connectivity index (χ3v) is 21.0. The highest BCUT2D eigenvalue weighted by molar-refractivity contribution is 8.01. The van der Waals surface area contributed by atoms with Gasteiger partial charge < -0.3 is 5.73 Å². The Morgan fingerprint density at radius 1 is 0.403 bits per heavy atom. The summed E-state index contributed by atoms with van der Waals surface area (Å²) in [5.41, 5.74) is 5.52. The van der Waals surface area contributed by atoms with Crippen LogP contribution >= 0.6 is 45.8 Å². The van der Waals surface area contributed by atoms with Crippen LogP contribution in [-0.4, -0.2) is 33.7 Å². The van der Waals surface area contributed by atoms with Crippen LogP contribution < -0.4 is 5.73 Å².